The van der Waals surface area contributed by atoms with E-state index in [1.165, 1.54) is 12.0 Å². The third-order valence-electron chi connectivity index (χ3n) is 6.73. The average molecular weight is 472 g/mol. The highest BCUT2D eigenvalue weighted by atomic mass is 16.2. The summed E-state index contributed by atoms with van der Waals surface area (Å²) in [4.78, 5) is 27.2. The van der Waals surface area contributed by atoms with Crippen molar-refractivity contribution in [3.05, 3.63) is 69.8 Å². The van der Waals surface area contributed by atoms with Gasteiger partial charge in [0, 0.05) is 24.2 Å². The summed E-state index contributed by atoms with van der Waals surface area (Å²) in [6.07, 6.45) is 9.71. The van der Waals surface area contributed by atoms with E-state index in [2.05, 4.69) is 18.4 Å². The van der Waals surface area contributed by atoms with Crippen LogP contribution in [0.4, 0.5) is 0 Å². The Labute approximate surface area is 210 Å². The fourth-order valence-corrected chi connectivity index (χ4v) is 4.65. The molecule has 0 atom stereocenters. The molecule has 2 aromatic rings. The number of carbonyl (C=O) groups is 2. The van der Waals surface area contributed by atoms with Gasteiger partial charge in [-0.2, -0.15) is 5.26 Å². The number of amides is 2. The lowest BCUT2D eigenvalue weighted by atomic mass is 9.77. The normalized spacial score (nSPS) is 15.2. The molecule has 1 aliphatic carbocycles. The van der Waals surface area contributed by atoms with Crippen molar-refractivity contribution in [3.63, 3.8) is 0 Å². The number of aryl methyl sites for hydroxylation is 1. The number of benzene rings is 2. The number of carbonyl (C=O) groups excluding carboxylic acids is 2. The summed E-state index contributed by atoms with van der Waals surface area (Å²) in [5.74, 6) is 2.56. The highest BCUT2D eigenvalue weighted by molar-refractivity contribution is 6.01. The molecule has 35 heavy (non-hydrogen) atoms. The number of nitrogens with zero attached hydrogens (tertiary/aromatic N) is 2. The smallest absolute Gasteiger partial charge is 0.254 e. The van der Waals surface area contributed by atoms with E-state index in [9.17, 15) is 9.59 Å². The predicted octanol–water partition coefficient (Wildman–Crippen LogP) is 5.92. The van der Waals surface area contributed by atoms with E-state index in [1.54, 1.807) is 13.0 Å². The van der Waals surface area contributed by atoms with Gasteiger partial charge in [-0.15, -0.1) is 12.3 Å². The van der Waals surface area contributed by atoms with Gasteiger partial charge in [0.25, 0.3) is 5.91 Å². The second kappa shape index (κ2) is 13.4. The van der Waals surface area contributed by atoms with E-state index < -0.39 is 5.91 Å². The first-order chi connectivity index (χ1) is 16.9. The van der Waals surface area contributed by atoms with Gasteiger partial charge in [0.2, 0.25) is 5.91 Å². The summed E-state index contributed by atoms with van der Waals surface area (Å²) in [5, 5.41) is 8.96. The average Bonchev–Trinajstić information content (AvgIpc) is 2.84. The maximum Gasteiger partial charge on any atom is 0.254 e. The number of nitrogens with two attached hydrogens (primary N) is 1. The fourth-order valence-electron chi connectivity index (χ4n) is 4.65. The van der Waals surface area contributed by atoms with Crippen LogP contribution in [0.1, 0.15) is 108 Å². The fraction of sp³-hybridized carbons (Fsp3) is 0.433. The first-order valence-electron chi connectivity index (χ1n) is 12.5. The number of hydrogen-bond acceptors (Lipinski definition) is 3. The summed E-state index contributed by atoms with van der Waals surface area (Å²) in [5.41, 5.74) is 10.5. The van der Waals surface area contributed by atoms with Crippen LogP contribution in [0.2, 0.25) is 0 Å². The number of nitriles is 1. The molecule has 2 aromatic carbocycles. The van der Waals surface area contributed by atoms with Crippen LogP contribution in [0, 0.1) is 30.6 Å². The second-order valence-corrected chi connectivity index (χ2v) is 8.84. The van der Waals surface area contributed by atoms with E-state index >= 15 is 0 Å². The summed E-state index contributed by atoms with van der Waals surface area (Å²) in [6.45, 7) is 8.96. The van der Waals surface area contributed by atoms with Crippen LogP contribution in [0.5, 0.6) is 0 Å². The van der Waals surface area contributed by atoms with Gasteiger partial charge in [-0.25, -0.2) is 0 Å². The summed E-state index contributed by atoms with van der Waals surface area (Å²) < 4.78 is 0. The molecule has 0 bridgehead atoms. The Kier molecular flexibility index (Phi) is 10.6. The zero-order valence-electron chi connectivity index (χ0n) is 21.4. The standard InChI is InChI=1S/C25H27N3O2.C3H4.C2H6/c1-16-13-22(20-3-2-4-20)23(24(27)29)14-21(16)25(30)28-11-9-19(10-12-28)18-7-5-17(15-26)6-8-18;1-3-2;1-2/h5-8,13-14,19-20H,2-4,9-12H2,1H3,(H2,27,29);1H,2H3;1-2H3. The molecule has 184 valence electrons. The number of primary amides is 1. The van der Waals surface area contributed by atoms with Crippen molar-refractivity contribution in [2.45, 2.75) is 71.6 Å². The lowest BCUT2D eigenvalue weighted by Crippen LogP contribution is -2.38. The van der Waals surface area contributed by atoms with E-state index in [-0.39, 0.29) is 5.91 Å². The zero-order valence-corrected chi connectivity index (χ0v) is 21.4. The molecule has 5 heteroatoms. The van der Waals surface area contributed by atoms with E-state index in [1.807, 2.05) is 56.0 Å². The Hall–Kier alpha value is -3.57. The monoisotopic (exact) mass is 471 g/mol. The first kappa shape index (κ1) is 27.7. The third kappa shape index (κ3) is 6.74. The molecule has 0 unspecified atom stereocenters. The zero-order chi connectivity index (χ0) is 26.0. The van der Waals surface area contributed by atoms with Gasteiger partial charge in [-0.3, -0.25) is 9.59 Å². The Morgan fingerprint density at radius 3 is 2.03 bits per heavy atom. The number of hydrogen-bond donors (Lipinski definition) is 1. The molecule has 5 nitrogen and oxygen atoms in total. The van der Waals surface area contributed by atoms with E-state index in [4.69, 9.17) is 11.0 Å². The van der Waals surface area contributed by atoms with Crippen LogP contribution < -0.4 is 5.73 Å². The van der Waals surface area contributed by atoms with Crippen LogP contribution in [0.3, 0.4) is 0 Å². The minimum atomic E-state index is -0.453. The molecule has 1 heterocycles. The Morgan fingerprint density at radius 2 is 1.57 bits per heavy atom. The van der Waals surface area contributed by atoms with Crippen LogP contribution >= 0.6 is 0 Å². The van der Waals surface area contributed by atoms with Crippen molar-refractivity contribution in [1.29, 1.82) is 5.26 Å². The van der Waals surface area contributed by atoms with Crippen LogP contribution in [-0.4, -0.2) is 29.8 Å². The van der Waals surface area contributed by atoms with Crippen molar-refractivity contribution in [2.75, 3.05) is 13.1 Å². The van der Waals surface area contributed by atoms with Crippen LogP contribution in [0.15, 0.2) is 36.4 Å². The molecule has 2 aliphatic rings. The van der Waals surface area contributed by atoms with Crippen LogP contribution in [-0.2, 0) is 0 Å². The van der Waals surface area contributed by atoms with E-state index in [0.29, 0.717) is 41.6 Å². The summed E-state index contributed by atoms with van der Waals surface area (Å²) in [6, 6.07) is 13.6. The third-order valence-corrected chi connectivity index (χ3v) is 6.73. The summed E-state index contributed by atoms with van der Waals surface area (Å²) >= 11 is 0. The second-order valence-electron chi connectivity index (χ2n) is 8.84. The maximum atomic E-state index is 13.2. The number of terminal acetylenes is 1. The van der Waals surface area contributed by atoms with Crippen molar-refractivity contribution in [1.82, 2.24) is 4.90 Å². The van der Waals surface area contributed by atoms with E-state index in [0.717, 1.165) is 36.8 Å². The van der Waals surface area contributed by atoms with Gasteiger partial charge >= 0.3 is 0 Å². The molecule has 4 rings (SSSR count). The lowest BCUT2D eigenvalue weighted by Gasteiger charge is -2.33. The Morgan fingerprint density at radius 1 is 1.00 bits per heavy atom. The van der Waals surface area contributed by atoms with Gasteiger partial charge in [0.05, 0.1) is 11.6 Å². The van der Waals surface area contributed by atoms with Crippen molar-refractivity contribution >= 4 is 11.8 Å². The number of rotatable bonds is 4. The number of piperidine rings is 1. The van der Waals surface area contributed by atoms with Crippen molar-refractivity contribution in [2.24, 2.45) is 5.73 Å². The minimum Gasteiger partial charge on any atom is -0.366 e. The molecule has 2 fully saturated rings. The molecule has 0 spiro atoms. The highest BCUT2D eigenvalue weighted by Crippen LogP contribution is 2.39. The maximum absolute atomic E-state index is 13.2. The Balaban J connectivity index is 0.000000803. The minimum absolute atomic E-state index is 0.0200. The van der Waals surface area contributed by atoms with Gasteiger partial charge < -0.3 is 10.6 Å². The molecule has 1 saturated carbocycles. The Bertz CT molecular complexity index is 1090. The van der Waals surface area contributed by atoms with Gasteiger partial charge in [-0.05, 0) is 86.3 Å². The summed E-state index contributed by atoms with van der Waals surface area (Å²) in [7, 11) is 0. The lowest BCUT2D eigenvalue weighted by molar-refractivity contribution is 0.0712. The molecular formula is C30H37N3O2. The van der Waals surface area contributed by atoms with Gasteiger partial charge in [0.1, 0.15) is 0 Å². The molecule has 2 amide bonds. The quantitative estimate of drug-likeness (QED) is 0.562. The molecule has 2 N–H and O–H groups in total. The molecule has 0 radical (unpaired) electrons. The topological polar surface area (TPSA) is 87.2 Å². The largest absolute Gasteiger partial charge is 0.366 e. The number of likely N-dealkylation sites (tertiary alicyclic amines) is 1. The van der Waals surface area contributed by atoms with Crippen molar-refractivity contribution in [3.8, 4) is 18.4 Å². The van der Waals surface area contributed by atoms with Gasteiger partial charge in [-0.1, -0.05) is 38.5 Å². The van der Waals surface area contributed by atoms with Crippen molar-refractivity contribution < 1.29 is 9.59 Å². The molecule has 0 aromatic heterocycles. The van der Waals surface area contributed by atoms with Crippen LogP contribution in [0.25, 0.3) is 0 Å². The van der Waals surface area contributed by atoms with Gasteiger partial charge in [0.15, 0.2) is 0 Å². The molecule has 1 saturated heterocycles. The highest BCUT2D eigenvalue weighted by Gasteiger charge is 2.29. The predicted molar refractivity (Wildman–Crippen MR) is 141 cm³/mol. The molecule has 1 aliphatic heterocycles. The molecular weight excluding hydrogens is 434 g/mol. The first-order valence-corrected chi connectivity index (χ1v) is 12.5. The SMILES string of the molecule is C#CC.CC.Cc1cc(C2CCC2)c(C(N)=O)cc1C(=O)N1CCC(c2ccc(C#N)cc2)CC1.